The number of carbonyl (C=O) groups excluding carboxylic acids is 1. The summed E-state index contributed by atoms with van der Waals surface area (Å²) in [6, 6.07) is 13.4. The number of halogens is 3. The van der Waals surface area contributed by atoms with Crippen LogP contribution in [0.15, 0.2) is 47.6 Å². The Morgan fingerprint density at radius 1 is 1.15 bits per heavy atom. The summed E-state index contributed by atoms with van der Waals surface area (Å²) in [5.74, 6) is -1.34. The van der Waals surface area contributed by atoms with Gasteiger partial charge in [-0.05, 0) is 18.4 Å². The highest BCUT2D eigenvalue weighted by molar-refractivity contribution is 7.99. The van der Waals surface area contributed by atoms with Gasteiger partial charge in [0.15, 0.2) is 5.16 Å². The summed E-state index contributed by atoms with van der Waals surface area (Å²) < 4.78 is 39.3. The van der Waals surface area contributed by atoms with Crippen LogP contribution in [0.25, 0.3) is 10.8 Å². The first-order chi connectivity index (χ1) is 12.8. The van der Waals surface area contributed by atoms with Gasteiger partial charge < -0.3 is 9.47 Å². The lowest BCUT2D eigenvalue weighted by atomic mass is 10.1. The van der Waals surface area contributed by atoms with Crippen LogP contribution in [0.4, 0.5) is 18.9 Å². The summed E-state index contributed by atoms with van der Waals surface area (Å²) in [4.78, 5) is 14.4. The van der Waals surface area contributed by atoms with E-state index in [1.54, 1.807) is 4.90 Å². The second kappa shape index (κ2) is 7.59. The van der Waals surface area contributed by atoms with Gasteiger partial charge in [-0.15, -0.1) is 10.2 Å². The molecule has 1 aromatic heterocycles. The van der Waals surface area contributed by atoms with Crippen molar-refractivity contribution in [1.82, 2.24) is 14.8 Å². The van der Waals surface area contributed by atoms with Gasteiger partial charge in [-0.25, -0.2) is 0 Å². The number of alkyl halides is 3. The highest BCUT2D eigenvalue weighted by atomic mass is 32.2. The van der Waals surface area contributed by atoms with E-state index < -0.39 is 12.0 Å². The van der Waals surface area contributed by atoms with Gasteiger partial charge in [0.05, 0.1) is 11.4 Å². The van der Waals surface area contributed by atoms with Gasteiger partial charge in [-0.2, -0.15) is 13.2 Å². The SMILES string of the molecule is CCN(C(=O)CSc1nnc(C(F)(F)F)n1C)c1cccc2ccccc12. The average Bonchev–Trinajstić information content (AvgIpc) is 3.01. The molecule has 0 spiro atoms. The molecular formula is C18H17F3N4OS. The van der Waals surface area contributed by atoms with Crippen LogP contribution in [0, 0.1) is 0 Å². The number of hydrogen-bond donors (Lipinski definition) is 0. The minimum Gasteiger partial charge on any atom is -0.311 e. The fraction of sp³-hybridized carbons (Fsp3) is 0.278. The molecule has 0 unspecified atom stereocenters. The van der Waals surface area contributed by atoms with Crippen molar-refractivity contribution in [3.8, 4) is 0 Å². The molecule has 0 aliphatic heterocycles. The summed E-state index contributed by atoms with van der Waals surface area (Å²) in [5, 5.41) is 8.72. The molecule has 27 heavy (non-hydrogen) atoms. The maximum atomic E-state index is 12.8. The molecule has 3 rings (SSSR count). The van der Waals surface area contributed by atoms with Crippen LogP contribution in [0.3, 0.4) is 0 Å². The molecule has 0 radical (unpaired) electrons. The zero-order chi connectivity index (χ0) is 19.6. The molecule has 5 nitrogen and oxygen atoms in total. The number of carbonyl (C=O) groups is 1. The third kappa shape index (κ3) is 3.92. The van der Waals surface area contributed by atoms with Crippen LogP contribution >= 0.6 is 11.8 Å². The van der Waals surface area contributed by atoms with Crippen molar-refractivity contribution < 1.29 is 18.0 Å². The lowest BCUT2D eigenvalue weighted by Gasteiger charge is -2.22. The molecule has 0 aliphatic rings. The quantitative estimate of drug-likeness (QED) is 0.611. The third-order valence-electron chi connectivity index (χ3n) is 4.09. The fourth-order valence-corrected chi connectivity index (χ4v) is 3.60. The standard InChI is InChI=1S/C18H17F3N4OS/c1-3-25(14-10-6-8-12-7-4-5-9-13(12)14)15(26)11-27-17-23-22-16(24(17)2)18(19,20)21/h4-10H,3,11H2,1-2H3. The van der Waals surface area contributed by atoms with Crippen molar-refractivity contribution in [3.63, 3.8) is 0 Å². The molecule has 2 aromatic carbocycles. The number of thioether (sulfide) groups is 1. The minimum absolute atomic E-state index is 0.0408. The number of fused-ring (bicyclic) bond motifs is 1. The van der Waals surface area contributed by atoms with E-state index in [9.17, 15) is 18.0 Å². The van der Waals surface area contributed by atoms with Crippen LogP contribution in [0.1, 0.15) is 12.7 Å². The Morgan fingerprint density at radius 2 is 1.85 bits per heavy atom. The summed E-state index contributed by atoms with van der Waals surface area (Å²) in [5.41, 5.74) is 0.773. The molecule has 1 heterocycles. The number of nitrogens with zero attached hydrogens (tertiary/aromatic N) is 4. The van der Waals surface area contributed by atoms with E-state index in [2.05, 4.69) is 10.2 Å². The lowest BCUT2D eigenvalue weighted by Crippen LogP contribution is -2.32. The second-order valence-electron chi connectivity index (χ2n) is 5.79. The van der Waals surface area contributed by atoms with E-state index in [0.717, 1.165) is 32.8 Å². The zero-order valence-corrected chi connectivity index (χ0v) is 15.5. The van der Waals surface area contributed by atoms with E-state index >= 15 is 0 Å². The molecule has 0 atom stereocenters. The Hall–Kier alpha value is -2.55. The Bertz CT molecular complexity index is 965. The lowest BCUT2D eigenvalue weighted by molar-refractivity contribution is -0.147. The predicted octanol–water partition coefficient (Wildman–Crippen LogP) is 4.13. The van der Waals surface area contributed by atoms with Crippen LogP contribution in [-0.4, -0.2) is 33.0 Å². The smallest absolute Gasteiger partial charge is 0.311 e. The van der Waals surface area contributed by atoms with Crippen LogP contribution in [0.2, 0.25) is 0 Å². The first-order valence-corrected chi connectivity index (χ1v) is 9.19. The molecule has 1 amide bonds. The number of benzene rings is 2. The van der Waals surface area contributed by atoms with E-state index in [0.29, 0.717) is 6.54 Å². The number of aromatic nitrogens is 3. The van der Waals surface area contributed by atoms with Crippen molar-refractivity contribution in [2.24, 2.45) is 7.05 Å². The predicted molar refractivity (Wildman–Crippen MR) is 98.7 cm³/mol. The summed E-state index contributed by atoms with van der Waals surface area (Å²) in [6.45, 7) is 2.30. The summed E-state index contributed by atoms with van der Waals surface area (Å²) >= 11 is 0.934. The van der Waals surface area contributed by atoms with Crippen LogP contribution in [0.5, 0.6) is 0 Å². The number of hydrogen-bond acceptors (Lipinski definition) is 4. The van der Waals surface area contributed by atoms with E-state index in [1.807, 2.05) is 49.4 Å². The highest BCUT2D eigenvalue weighted by Gasteiger charge is 2.37. The fourth-order valence-electron chi connectivity index (χ4n) is 2.82. The summed E-state index contributed by atoms with van der Waals surface area (Å²) in [7, 11) is 1.23. The molecule has 0 aliphatic carbocycles. The monoisotopic (exact) mass is 394 g/mol. The Morgan fingerprint density at radius 3 is 2.52 bits per heavy atom. The molecule has 0 saturated heterocycles. The van der Waals surface area contributed by atoms with Crippen molar-refractivity contribution in [2.45, 2.75) is 18.3 Å². The van der Waals surface area contributed by atoms with Crippen molar-refractivity contribution in [1.29, 1.82) is 0 Å². The summed E-state index contributed by atoms with van der Waals surface area (Å²) in [6.07, 6.45) is -4.58. The molecule has 9 heteroatoms. The average molecular weight is 394 g/mol. The van der Waals surface area contributed by atoms with Gasteiger partial charge in [0.1, 0.15) is 0 Å². The normalized spacial score (nSPS) is 11.7. The van der Waals surface area contributed by atoms with Crippen LogP contribution in [-0.2, 0) is 18.0 Å². The largest absolute Gasteiger partial charge is 0.451 e. The van der Waals surface area contributed by atoms with Crippen LogP contribution < -0.4 is 4.90 Å². The molecule has 0 N–H and O–H groups in total. The van der Waals surface area contributed by atoms with Crippen molar-refractivity contribution in [2.75, 3.05) is 17.2 Å². The van der Waals surface area contributed by atoms with E-state index in [1.165, 1.54) is 7.05 Å². The first-order valence-electron chi connectivity index (χ1n) is 8.20. The Kier molecular flexibility index (Phi) is 5.41. The number of amides is 1. The molecule has 142 valence electrons. The zero-order valence-electron chi connectivity index (χ0n) is 14.7. The van der Waals surface area contributed by atoms with Crippen molar-refractivity contribution in [3.05, 3.63) is 48.3 Å². The molecular weight excluding hydrogens is 377 g/mol. The van der Waals surface area contributed by atoms with Gasteiger partial charge in [0, 0.05) is 19.0 Å². The first kappa shape index (κ1) is 19.2. The van der Waals surface area contributed by atoms with Gasteiger partial charge in [0.2, 0.25) is 11.7 Å². The molecule has 0 bridgehead atoms. The maximum Gasteiger partial charge on any atom is 0.451 e. The highest BCUT2D eigenvalue weighted by Crippen LogP contribution is 2.30. The number of rotatable bonds is 5. The maximum absolute atomic E-state index is 12.8. The Balaban J connectivity index is 1.80. The van der Waals surface area contributed by atoms with Gasteiger partial charge in [-0.1, -0.05) is 48.2 Å². The number of anilines is 1. The van der Waals surface area contributed by atoms with Gasteiger partial charge in [-0.3, -0.25) is 4.79 Å². The van der Waals surface area contributed by atoms with E-state index in [4.69, 9.17) is 0 Å². The van der Waals surface area contributed by atoms with Crippen molar-refractivity contribution >= 4 is 34.1 Å². The second-order valence-corrected chi connectivity index (χ2v) is 6.73. The Labute approximate surface area is 158 Å². The topological polar surface area (TPSA) is 51.0 Å². The third-order valence-corrected chi connectivity index (χ3v) is 5.09. The van der Waals surface area contributed by atoms with Gasteiger partial charge in [0.25, 0.3) is 0 Å². The minimum atomic E-state index is -4.58. The molecule has 0 fully saturated rings. The van der Waals surface area contributed by atoms with E-state index in [-0.39, 0.29) is 16.8 Å². The molecule has 0 saturated carbocycles. The van der Waals surface area contributed by atoms with Gasteiger partial charge >= 0.3 is 6.18 Å². The molecule has 3 aromatic rings.